The van der Waals surface area contributed by atoms with Gasteiger partial charge in [-0.1, -0.05) is 36.5 Å². The summed E-state index contributed by atoms with van der Waals surface area (Å²) >= 11 is 0. The molecule has 0 radical (unpaired) electrons. The average molecular weight is 358 g/mol. The van der Waals surface area contributed by atoms with Gasteiger partial charge in [-0.2, -0.15) is 8.42 Å². The largest absolute Gasteiger partial charge is 0.481 e. The first-order chi connectivity index (χ1) is 10.9. The van der Waals surface area contributed by atoms with E-state index in [2.05, 4.69) is 26.3 Å². The van der Waals surface area contributed by atoms with Gasteiger partial charge in [-0.25, -0.2) is 0 Å². The van der Waals surface area contributed by atoms with E-state index in [9.17, 15) is 32.8 Å². The Kier molecular flexibility index (Phi) is 7.82. The zero-order valence-corrected chi connectivity index (χ0v) is 14.1. The van der Waals surface area contributed by atoms with Gasteiger partial charge in [0.15, 0.2) is 5.25 Å². The average Bonchev–Trinajstić information content (AvgIpc) is 2.36. The number of carboxylic acids is 2. The second-order valence-corrected chi connectivity index (χ2v) is 7.04. The fraction of sp³-hybridized carbons (Fsp3) is 0.375. The molecule has 0 aliphatic heterocycles. The van der Waals surface area contributed by atoms with Crippen molar-refractivity contribution >= 4 is 22.1 Å². The fourth-order valence-electron chi connectivity index (χ4n) is 2.60. The zero-order valence-electron chi connectivity index (χ0n) is 13.3. The number of aliphatic carboxylic acids is 2. The molecule has 0 heterocycles. The molecule has 0 bridgehead atoms. The molecule has 0 aromatic carbocycles. The molecule has 24 heavy (non-hydrogen) atoms. The van der Waals surface area contributed by atoms with Gasteiger partial charge in [-0.05, 0) is 25.7 Å². The maximum absolute atomic E-state index is 11.9. The van der Waals surface area contributed by atoms with Gasteiger partial charge in [0, 0.05) is 0 Å². The molecule has 1 unspecified atom stereocenters. The Morgan fingerprint density at radius 1 is 1.00 bits per heavy atom. The second kappa shape index (κ2) is 8.60. The molecule has 8 heteroatoms. The molecule has 0 saturated carbocycles. The van der Waals surface area contributed by atoms with Gasteiger partial charge >= 0.3 is 11.9 Å². The summed E-state index contributed by atoms with van der Waals surface area (Å²) in [5.41, 5.74) is -1.80. The van der Waals surface area contributed by atoms with E-state index in [4.69, 9.17) is 0 Å². The number of hydrogen-bond donors (Lipinski definition) is 3. The quantitative estimate of drug-likeness (QED) is 0.361. The molecule has 0 rings (SSSR count). The summed E-state index contributed by atoms with van der Waals surface area (Å²) < 4.78 is 32.6. The molecule has 0 aliphatic carbocycles. The van der Waals surface area contributed by atoms with E-state index < -0.39 is 45.6 Å². The molecule has 0 aliphatic rings. The molecule has 0 aromatic rings. The Labute approximate surface area is 141 Å². The molecule has 0 amide bonds. The van der Waals surface area contributed by atoms with Crippen molar-refractivity contribution in [3.63, 3.8) is 0 Å². The van der Waals surface area contributed by atoms with Crippen LogP contribution in [-0.4, -0.2) is 40.4 Å². The van der Waals surface area contributed by atoms with E-state index in [1.54, 1.807) is 0 Å². The van der Waals surface area contributed by atoms with Gasteiger partial charge < -0.3 is 10.2 Å². The molecule has 134 valence electrons. The van der Waals surface area contributed by atoms with Gasteiger partial charge in [0.1, 0.15) is 5.41 Å². The number of carboxylic acid groups (broad SMARTS) is 2. The first kappa shape index (κ1) is 21.8. The van der Waals surface area contributed by atoms with Crippen LogP contribution in [0, 0.1) is 5.41 Å². The topological polar surface area (TPSA) is 129 Å². The molecule has 3 N–H and O–H groups in total. The maximum atomic E-state index is 11.9. The maximum Gasteiger partial charge on any atom is 0.325 e. The standard InChI is InChI=1S/C16H22O7S/c1-5-7-11(3)9-16(15(19)20,10-12(4)8-6-2)13(14(17)18)24(21,22)23/h5-6,13H,1-4,7-10H2,(H,17,18)(H,19,20)(H,21,22,23). The Hall–Kier alpha value is -2.19. The highest BCUT2D eigenvalue weighted by atomic mass is 32.2. The third-order valence-corrected chi connectivity index (χ3v) is 4.70. The monoisotopic (exact) mass is 358 g/mol. The van der Waals surface area contributed by atoms with Crippen LogP contribution in [0.25, 0.3) is 0 Å². The van der Waals surface area contributed by atoms with Crippen molar-refractivity contribution in [3.05, 3.63) is 49.6 Å². The predicted molar refractivity (Wildman–Crippen MR) is 90.2 cm³/mol. The van der Waals surface area contributed by atoms with Crippen molar-refractivity contribution in [2.24, 2.45) is 5.41 Å². The third kappa shape index (κ3) is 5.47. The number of hydrogen-bond acceptors (Lipinski definition) is 4. The van der Waals surface area contributed by atoms with Crippen molar-refractivity contribution in [3.8, 4) is 0 Å². The summed E-state index contributed by atoms with van der Waals surface area (Å²) in [6, 6.07) is 0. The highest BCUT2D eigenvalue weighted by molar-refractivity contribution is 7.87. The fourth-order valence-corrected chi connectivity index (χ4v) is 3.70. The van der Waals surface area contributed by atoms with E-state index in [-0.39, 0.29) is 24.0 Å². The SMILES string of the molecule is C=CCC(=C)CC(CC(=C)CC=C)(C(=O)O)C(C(=O)O)S(=O)(=O)O. The summed E-state index contributed by atoms with van der Waals surface area (Å²) in [4.78, 5) is 23.4. The second-order valence-electron chi connectivity index (χ2n) is 5.53. The molecular formula is C16H22O7S. The molecule has 1 atom stereocenters. The van der Waals surface area contributed by atoms with E-state index >= 15 is 0 Å². The van der Waals surface area contributed by atoms with Crippen LogP contribution in [0.15, 0.2) is 49.6 Å². The van der Waals surface area contributed by atoms with E-state index in [0.717, 1.165) is 0 Å². The lowest BCUT2D eigenvalue weighted by atomic mass is 9.73. The summed E-state index contributed by atoms with van der Waals surface area (Å²) in [6.07, 6.45) is 2.25. The molecule has 0 aromatic heterocycles. The molecule has 7 nitrogen and oxygen atoms in total. The van der Waals surface area contributed by atoms with Gasteiger partial charge in [-0.15, -0.1) is 13.2 Å². The number of carbonyl (C=O) groups is 2. The van der Waals surface area contributed by atoms with Gasteiger partial charge in [0.25, 0.3) is 10.1 Å². The van der Waals surface area contributed by atoms with Crippen LogP contribution < -0.4 is 0 Å². The predicted octanol–water partition coefficient (Wildman–Crippen LogP) is 2.44. The van der Waals surface area contributed by atoms with Crippen molar-refractivity contribution in [1.82, 2.24) is 0 Å². The normalized spacial score (nSPS) is 12.9. The Morgan fingerprint density at radius 3 is 1.58 bits per heavy atom. The number of rotatable bonds is 12. The van der Waals surface area contributed by atoms with Gasteiger partial charge in [-0.3, -0.25) is 14.1 Å². The minimum absolute atomic E-state index is 0.167. The van der Waals surface area contributed by atoms with Crippen molar-refractivity contribution in [1.29, 1.82) is 0 Å². The van der Waals surface area contributed by atoms with Gasteiger partial charge in [0.2, 0.25) is 0 Å². The van der Waals surface area contributed by atoms with Crippen LogP contribution in [0.2, 0.25) is 0 Å². The van der Waals surface area contributed by atoms with Crippen molar-refractivity contribution in [2.45, 2.75) is 30.9 Å². The molecular weight excluding hydrogens is 336 g/mol. The highest BCUT2D eigenvalue weighted by Crippen LogP contribution is 2.41. The van der Waals surface area contributed by atoms with E-state index in [0.29, 0.717) is 0 Å². The van der Waals surface area contributed by atoms with Crippen LogP contribution in [0.1, 0.15) is 25.7 Å². The summed E-state index contributed by atoms with van der Waals surface area (Å²) in [5, 5.41) is 16.4. The Bertz CT molecular complexity index is 634. The molecule has 0 saturated heterocycles. The smallest absolute Gasteiger partial charge is 0.325 e. The third-order valence-electron chi connectivity index (χ3n) is 3.45. The van der Waals surface area contributed by atoms with Crippen LogP contribution in [0.5, 0.6) is 0 Å². The molecule has 0 fully saturated rings. The van der Waals surface area contributed by atoms with Crippen LogP contribution >= 0.6 is 0 Å². The minimum Gasteiger partial charge on any atom is -0.481 e. The highest BCUT2D eigenvalue weighted by Gasteiger charge is 2.56. The summed E-state index contributed by atoms with van der Waals surface area (Å²) in [7, 11) is -5.20. The number of allylic oxidation sites excluding steroid dienone is 4. The lowest BCUT2D eigenvalue weighted by molar-refractivity contribution is -0.155. The summed E-state index contributed by atoms with van der Waals surface area (Å²) in [6.45, 7) is 14.2. The Morgan fingerprint density at radius 2 is 1.38 bits per heavy atom. The van der Waals surface area contributed by atoms with Crippen LogP contribution in [-0.2, 0) is 19.7 Å². The zero-order chi connectivity index (χ0) is 19.1. The lowest BCUT2D eigenvalue weighted by Gasteiger charge is -2.34. The van der Waals surface area contributed by atoms with E-state index in [1.807, 2.05) is 0 Å². The first-order valence-electron chi connectivity index (χ1n) is 6.90. The van der Waals surface area contributed by atoms with Crippen LogP contribution in [0.4, 0.5) is 0 Å². The first-order valence-corrected chi connectivity index (χ1v) is 8.40. The van der Waals surface area contributed by atoms with Crippen molar-refractivity contribution in [2.75, 3.05) is 0 Å². The summed E-state index contributed by atoms with van der Waals surface area (Å²) in [5.74, 6) is -3.64. The van der Waals surface area contributed by atoms with E-state index in [1.165, 1.54) is 12.2 Å². The minimum atomic E-state index is -5.20. The van der Waals surface area contributed by atoms with Gasteiger partial charge in [0.05, 0.1) is 0 Å². The molecule has 0 spiro atoms. The van der Waals surface area contributed by atoms with Crippen LogP contribution in [0.3, 0.4) is 0 Å². The van der Waals surface area contributed by atoms with Crippen molar-refractivity contribution < 1.29 is 32.8 Å². The lowest BCUT2D eigenvalue weighted by Crippen LogP contribution is -2.51. The Balaban J connectivity index is 6.35.